The van der Waals surface area contributed by atoms with Crippen LogP contribution in [0.4, 0.5) is 0 Å². The Labute approximate surface area is 121 Å². The van der Waals surface area contributed by atoms with E-state index in [1.165, 1.54) is 23.5 Å². The van der Waals surface area contributed by atoms with Crippen molar-refractivity contribution in [2.24, 2.45) is 0 Å². The molecular formula is C15H27N3S. The van der Waals surface area contributed by atoms with Gasteiger partial charge in [0.25, 0.3) is 0 Å². The first-order chi connectivity index (χ1) is 8.88. The average Bonchev–Trinajstić information content (AvgIpc) is 3.06. The lowest BCUT2D eigenvalue weighted by Gasteiger charge is -2.24. The monoisotopic (exact) mass is 281 g/mol. The SMILES string of the molecule is CC(CNCc1nc(C(C)(C)C)cs1)N(C)C1CC1. The van der Waals surface area contributed by atoms with Crippen LogP contribution in [-0.4, -0.2) is 35.6 Å². The highest BCUT2D eigenvalue weighted by Gasteiger charge is 2.28. The van der Waals surface area contributed by atoms with Crippen LogP contribution in [0.25, 0.3) is 0 Å². The van der Waals surface area contributed by atoms with E-state index in [0.29, 0.717) is 6.04 Å². The van der Waals surface area contributed by atoms with Gasteiger partial charge in [-0.3, -0.25) is 4.90 Å². The largest absolute Gasteiger partial charge is 0.309 e. The molecule has 0 spiro atoms. The zero-order chi connectivity index (χ0) is 14.0. The Hall–Kier alpha value is -0.450. The van der Waals surface area contributed by atoms with Gasteiger partial charge in [0.1, 0.15) is 5.01 Å². The lowest BCUT2D eigenvalue weighted by atomic mass is 9.93. The minimum Gasteiger partial charge on any atom is -0.309 e. The molecule has 1 saturated carbocycles. The van der Waals surface area contributed by atoms with E-state index < -0.39 is 0 Å². The van der Waals surface area contributed by atoms with Gasteiger partial charge in [0.05, 0.1) is 5.69 Å². The van der Waals surface area contributed by atoms with Crippen molar-refractivity contribution in [2.45, 2.75) is 64.6 Å². The van der Waals surface area contributed by atoms with Crippen LogP contribution in [0, 0.1) is 0 Å². The van der Waals surface area contributed by atoms with E-state index in [9.17, 15) is 0 Å². The van der Waals surface area contributed by atoms with Crippen LogP contribution in [0.2, 0.25) is 0 Å². The quantitative estimate of drug-likeness (QED) is 0.869. The summed E-state index contributed by atoms with van der Waals surface area (Å²) in [7, 11) is 2.24. The maximum absolute atomic E-state index is 4.71. The molecule has 1 aliphatic carbocycles. The molecule has 1 fully saturated rings. The number of aromatic nitrogens is 1. The van der Waals surface area contributed by atoms with E-state index in [4.69, 9.17) is 4.98 Å². The highest BCUT2D eigenvalue weighted by atomic mass is 32.1. The summed E-state index contributed by atoms with van der Waals surface area (Å²) in [5, 5.41) is 6.93. The maximum Gasteiger partial charge on any atom is 0.107 e. The first-order valence-electron chi connectivity index (χ1n) is 7.25. The lowest BCUT2D eigenvalue weighted by Crippen LogP contribution is -2.38. The summed E-state index contributed by atoms with van der Waals surface area (Å²) in [6.07, 6.45) is 2.75. The van der Waals surface area contributed by atoms with Crippen molar-refractivity contribution < 1.29 is 0 Å². The summed E-state index contributed by atoms with van der Waals surface area (Å²) in [6.45, 7) is 10.9. The predicted molar refractivity (Wildman–Crippen MR) is 82.8 cm³/mol. The summed E-state index contributed by atoms with van der Waals surface area (Å²) >= 11 is 1.77. The second-order valence-electron chi connectivity index (χ2n) is 6.75. The second-order valence-corrected chi connectivity index (χ2v) is 7.70. The van der Waals surface area contributed by atoms with Crippen molar-refractivity contribution >= 4 is 11.3 Å². The van der Waals surface area contributed by atoms with Gasteiger partial charge in [-0.1, -0.05) is 20.8 Å². The van der Waals surface area contributed by atoms with Gasteiger partial charge in [0.15, 0.2) is 0 Å². The molecule has 0 saturated heterocycles. The maximum atomic E-state index is 4.71. The number of thiazole rings is 1. The molecule has 1 N–H and O–H groups in total. The van der Waals surface area contributed by atoms with E-state index in [0.717, 1.165) is 19.1 Å². The molecule has 1 heterocycles. The van der Waals surface area contributed by atoms with Gasteiger partial charge >= 0.3 is 0 Å². The summed E-state index contributed by atoms with van der Waals surface area (Å²) in [6, 6.07) is 1.44. The van der Waals surface area contributed by atoms with Crippen LogP contribution in [0.3, 0.4) is 0 Å². The minimum absolute atomic E-state index is 0.161. The molecule has 0 radical (unpaired) electrons. The molecular weight excluding hydrogens is 254 g/mol. The van der Waals surface area contributed by atoms with Crippen molar-refractivity contribution in [3.63, 3.8) is 0 Å². The molecule has 4 heteroatoms. The van der Waals surface area contributed by atoms with Crippen molar-refractivity contribution in [3.8, 4) is 0 Å². The molecule has 1 aliphatic rings. The Bertz CT molecular complexity index is 404. The van der Waals surface area contributed by atoms with Gasteiger partial charge in [0.2, 0.25) is 0 Å². The molecule has 0 aromatic carbocycles. The van der Waals surface area contributed by atoms with Crippen LogP contribution < -0.4 is 5.32 Å². The Morgan fingerprint density at radius 1 is 1.47 bits per heavy atom. The van der Waals surface area contributed by atoms with E-state index in [1.807, 2.05) is 0 Å². The van der Waals surface area contributed by atoms with Gasteiger partial charge in [-0.05, 0) is 26.8 Å². The molecule has 108 valence electrons. The highest BCUT2D eigenvalue weighted by molar-refractivity contribution is 7.09. The van der Waals surface area contributed by atoms with Crippen molar-refractivity contribution in [1.82, 2.24) is 15.2 Å². The number of rotatable bonds is 6. The molecule has 1 aromatic rings. The molecule has 19 heavy (non-hydrogen) atoms. The van der Waals surface area contributed by atoms with Crippen molar-refractivity contribution in [3.05, 3.63) is 16.1 Å². The predicted octanol–water partition coefficient (Wildman–Crippen LogP) is 3.01. The molecule has 0 amide bonds. The zero-order valence-corrected chi connectivity index (χ0v) is 13.7. The third kappa shape index (κ3) is 4.26. The van der Waals surface area contributed by atoms with Gasteiger partial charge in [-0.15, -0.1) is 11.3 Å². The zero-order valence-electron chi connectivity index (χ0n) is 12.9. The third-order valence-electron chi connectivity index (χ3n) is 3.85. The Morgan fingerprint density at radius 2 is 2.16 bits per heavy atom. The molecule has 3 nitrogen and oxygen atoms in total. The topological polar surface area (TPSA) is 28.2 Å². The summed E-state index contributed by atoms with van der Waals surface area (Å²) in [5.74, 6) is 0. The van der Waals surface area contributed by atoms with Gasteiger partial charge in [0, 0.05) is 36.0 Å². The second kappa shape index (κ2) is 5.90. The van der Waals surface area contributed by atoms with E-state index >= 15 is 0 Å². The van der Waals surface area contributed by atoms with Crippen molar-refractivity contribution in [2.75, 3.05) is 13.6 Å². The van der Waals surface area contributed by atoms with Crippen molar-refractivity contribution in [1.29, 1.82) is 0 Å². The summed E-state index contributed by atoms with van der Waals surface area (Å²) < 4.78 is 0. The Kier molecular flexibility index (Phi) is 4.64. The molecule has 1 aromatic heterocycles. The number of likely N-dealkylation sites (N-methyl/N-ethyl adjacent to an activating group) is 1. The summed E-state index contributed by atoms with van der Waals surface area (Å²) in [5.41, 5.74) is 1.37. The Morgan fingerprint density at radius 3 is 2.68 bits per heavy atom. The average molecular weight is 281 g/mol. The van der Waals surface area contributed by atoms with E-state index in [-0.39, 0.29) is 5.41 Å². The normalized spacial score (nSPS) is 18.0. The smallest absolute Gasteiger partial charge is 0.107 e. The van der Waals surface area contributed by atoms with Gasteiger partial charge in [-0.2, -0.15) is 0 Å². The number of nitrogens with one attached hydrogen (secondary N) is 1. The molecule has 0 bridgehead atoms. The fraction of sp³-hybridized carbons (Fsp3) is 0.800. The van der Waals surface area contributed by atoms with E-state index in [1.54, 1.807) is 11.3 Å². The van der Waals surface area contributed by atoms with Crippen LogP contribution in [0.5, 0.6) is 0 Å². The molecule has 1 unspecified atom stereocenters. The Balaban J connectivity index is 1.74. The molecule has 1 atom stereocenters. The minimum atomic E-state index is 0.161. The summed E-state index contributed by atoms with van der Waals surface area (Å²) in [4.78, 5) is 7.21. The number of hydrogen-bond acceptors (Lipinski definition) is 4. The lowest BCUT2D eigenvalue weighted by molar-refractivity contribution is 0.241. The van der Waals surface area contributed by atoms with Crippen LogP contribution in [-0.2, 0) is 12.0 Å². The highest BCUT2D eigenvalue weighted by Crippen LogP contribution is 2.27. The number of hydrogen-bond donors (Lipinski definition) is 1. The van der Waals surface area contributed by atoms with Gasteiger partial charge in [-0.25, -0.2) is 4.98 Å². The van der Waals surface area contributed by atoms with E-state index in [2.05, 4.69) is 50.3 Å². The fourth-order valence-corrected chi connectivity index (χ4v) is 3.10. The standard InChI is InChI=1S/C15H27N3S/c1-11(18(5)12-6-7-12)8-16-9-14-17-13(10-19-14)15(2,3)4/h10-12,16H,6-9H2,1-5H3. The van der Waals surface area contributed by atoms with Crippen LogP contribution in [0.15, 0.2) is 5.38 Å². The molecule has 0 aliphatic heterocycles. The first kappa shape index (κ1) is 14.9. The third-order valence-corrected chi connectivity index (χ3v) is 4.70. The van der Waals surface area contributed by atoms with Gasteiger partial charge < -0.3 is 5.32 Å². The fourth-order valence-electron chi connectivity index (χ4n) is 2.11. The first-order valence-corrected chi connectivity index (χ1v) is 8.13. The number of nitrogens with zero attached hydrogens (tertiary/aromatic N) is 2. The molecule has 2 rings (SSSR count). The van der Waals surface area contributed by atoms with Crippen LogP contribution >= 0.6 is 11.3 Å². The van der Waals surface area contributed by atoms with Crippen LogP contribution in [0.1, 0.15) is 51.2 Å².